The number of aromatic nitrogens is 2. The second-order valence-corrected chi connectivity index (χ2v) is 6.56. The van der Waals surface area contributed by atoms with Crippen molar-refractivity contribution in [3.63, 3.8) is 0 Å². The second kappa shape index (κ2) is 9.32. The summed E-state index contributed by atoms with van der Waals surface area (Å²) < 4.78 is 5.16. The molecule has 3 rings (SSSR count). The Morgan fingerprint density at radius 1 is 1.07 bits per heavy atom. The van der Waals surface area contributed by atoms with Crippen molar-refractivity contribution in [3.8, 4) is 5.75 Å². The summed E-state index contributed by atoms with van der Waals surface area (Å²) in [7, 11) is 1.66. The lowest BCUT2D eigenvalue weighted by Gasteiger charge is -2.33. The monoisotopic (exact) mass is 369 g/mol. The van der Waals surface area contributed by atoms with Gasteiger partial charge in [0.15, 0.2) is 5.69 Å². The van der Waals surface area contributed by atoms with E-state index < -0.39 is 0 Å². The molecule has 0 bridgehead atoms. The SMILES string of the molecule is CCN1CCN(C(=O)c2ccc(NCCc3ccc(OC)cc3)nn2)CC1. The summed E-state index contributed by atoms with van der Waals surface area (Å²) in [5.41, 5.74) is 1.62. The van der Waals surface area contributed by atoms with Crippen LogP contribution in [0.3, 0.4) is 0 Å². The van der Waals surface area contributed by atoms with Crippen LogP contribution in [-0.4, -0.2) is 72.3 Å². The van der Waals surface area contributed by atoms with Crippen molar-refractivity contribution < 1.29 is 9.53 Å². The second-order valence-electron chi connectivity index (χ2n) is 6.56. The number of anilines is 1. The highest BCUT2D eigenvalue weighted by molar-refractivity contribution is 5.92. The molecule has 144 valence electrons. The predicted octanol–water partition coefficient (Wildman–Crippen LogP) is 1.92. The molecule has 1 fully saturated rings. The van der Waals surface area contributed by atoms with Gasteiger partial charge >= 0.3 is 0 Å². The van der Waals surface area contributed by atoms with Crippen LogP contribution in [0.5, 0.6) is 5.75 Å². The minimum atomic E-state index is -0.0389. The highest BCUT2D eigenvalue weighted by Gasteiger charge is 2.22. The van der Waals surface area contributed by atoms with E-state index in [9.17, 15) is 4.79 Å². The van der Waals surface area contributed by atoms with Gasteiger partial charge in [0, 0.05) is 32.7 Å². The molecule has 0 radical (unpaired) electrons. The first kappa shape index (κ1) is 19.1. The van der Waals surface area contributed by atoms with Crippen molar-refractivity contribution >= 4 is 11.7 Å². The Hall–Kier alpha value is -2.67. The number of nitrogens with one attached hydrogen (secondary N) is 1. The number of benzene rings is 1. The third-order valence-corrected chi connectivity index (χ3v) is 4.87. The van der Waals surface area contributed by atoms with Gasteiger partial charge in [0.2, 0.25) is 0 Å². The Kier molecular flexibility index (Phi) is 6.59. The van der Waals surface area contributed by atoms with E-state index >= 15 is 0 Å². The number of hydrogen-bond donors (Lipinski definition) is 1. The number of hydrogen-bond acceptors (Lipinski definition) is 6. The number of amides is 1. The Labute approximate surface area is 160 Å². The van der Waals surface area contributed by atoms with E-state index in [2.05, 4.69) is 27.3 Å². The van der Waals surface area contributed by atoms with E-state index in [1.807, 2.05) is 35.2 Å². The van der Waals surface area contributed by atoms with Crippen LogP contribution < -0.4 is 10.1 Å². The van der Waals surface area contributed by atoms with Crippen molar-refractivity contribution in [2.24, 2.45) is 0 Å². The molecule has 1 aliphatic rings. The van der Waals surface area contributed by atoms with E-state index in [0.29, 0.717) is 11.5 Å². The van der Waals surface area contributed by atoms with Crippen LogP contribution in [0.15, 0.2) is 36.4 Å². The molecule has 1 aromatic carbocycles. The lowest BCUT2D eigenvalue weighted by atomic mass is 10.1. The molecule has 7 heteroatoms. The fourth-order valence-corrected chi connectivity index (χ4v) is 3.10. The number of nitrogens with zero attached hydrogens (tertiary/aromatic N) is 4. The van der Waals surface area contributed by atoms with Crippen LogP contribution in [-0.2, 0) is 6.42 Å². The topological polar surface area (TPSA) is 70.6 Å². The van der Waals surface area contributed by atoms with Gasteiger partial charge in [0.25, 0.3) is 5.91 Å². The molecule has 2 aromatic rings. The lowest BCUT2D eigenvalue weighted by molar-refractivity contribution is 0.0636. The standard InChI is InChI=1S/C20H27N5O2/c1-3-24-12-14-25(15-13-24)20(26)18-8-9-19(23-22-18)21-11-10-16-4-6-17(27-2)7-5-16/h4-9H,3,10-15H2,1-2H3,(H,21,23). The summed E-state index contributed by atoms with van der Waals surface area (Å²) in [6, 6.07) is 11.6. The summed E-state index contributed by atoms with van der Waals surface area (Å²) in [6.45, 7) is 7.24. The number of methoxy groups -OCH3 is 1. The van der Waals surface area contributed by atoms with Crippen molar-refractivity contribution in [1.29, 1.82) is 0 Å². The molecular weight excluding hydrogens is 342 g/mol. The average molecular weight is 369 g/mol. The van der Waals surface area contributed by atoms with Gasteiger partial charge in [0.1, 0.15) is 11.6 Å². The zero-order chi connectivity index (χ0) is 19.1. The van der Waals surface area contributed by atoms with E-state index in [1.54, 1.807) is 13.2 Å². The maximum Gasteiger partial charge on any atom is 0.274 e. The van der Waals surface area contributed by atoms with Gasteiger partial charge in [-0.3, -0.25) is 4.79 Å². The van der Waals surface area contributed by atoms with Gasteiger partial charge in [-0.25, -0.2) is 0 Å². The first-order chi connectivity index (χ1) is 13.2. The van der Waals surface area contributed by atoms with Gasteiger partial charge in [-0.05, 0) is 42.8 Å². The molecular formula is C20H27N5O2. The molecule has 2 heterocycles. The molecule has 0 saturated carbocycles. The van der Waals surface area contributed by atoms with Crippen LogP contribution in [0.1, 0.15) is 23.0 Å². The Morgan fingerprint density at radius 3 is 2.41 bits per heavy atom. The molecule has 1 aromatic heterocycles. The molecule has 0 unspecified atom stereocenters. The van der Waals surface area contributed by atoms with Gasteiger partial charge in [-0.15, -0.1) is 10.2 Å². The number of piperazine rings is 1. The van der Waals surface area contributed by atoms with Crippen molar-refractivity contribution in [1.82, 2.24) is 20.0 Å². The first-order valence-electron chi connectivity index (χ1n) is 9.41. The highest BCUT2D eigenvalue weighted by atomic mass is 16.5. The van der Waals surface area contributed by atoms with Crippen molar-refractivity contribution in [2.75, 3.05) is 51.7 Å². The molecule has 1 saturated heterocycles. The van der Waals surface area contributed by atoms with Crippen LogP contribution in [0, 0.1) is 0 Å². The van der Waals surface area contributed by atoms with E-state index in [-0.39, 0.29) is 5.91 Å². The molecule has 27 heavy (non-hydrogen) atoms. The summed E-state index contributed by atoms with van der Waals surface area (Å²) in [5, 5.41) is 11.5. The quantitative estimate of drug-likeness (QED) is 0.804. The van der Waals surface area contributed by atoms with Gasteiger partial charge in [-0.2, -0.15) is 0 Å². The van der Waals surface area contributed by atoms with E-state index in [1.165, 1.54) is 5.56 Å². The van der Waals surface area contributed by atoms with Crippen molar-refractivity contribution in [2.45, 2.75) is 13.3 Å². The van der Waals surface area contributed by atoms with Gasteiger partial charge in [0.05, 0.1) is 7.11 Å². The minimum absolute atomic E-state index is 0.0389. The number of rotatable bonds is 7. The zero-order valence-corrected chi connectivity index (χ0v) is 16.0. The predicted molar refractivity (Wildman–Crippen MR) is 105 cm³/mol. The third kappa shape index (κ3) is 5.17. The van der Waals surface area contributed by atoms with Crippen LogP contribution in [0.2, 0.25) is 0 Å². The maximum absolute atomic E-state index is 12.5. The van der Waals surface area contributed by atoms with Gasteiger partial charge in [-0.1, -0.05) is 19.1 Å². The number of carbonyl (C=O) groups excluding carboxylic acids is 1. The molecule has 7 nitrogen and oxygen atoms in total. The number of ether oxygens (including phenoxy) is 1. The van der Waals surface area contributed by atoms with Crippen molar-refractivity contribution in [3.05, 3.63) is 47.7 Å². The maximum atomic E-state index is 12.5. The molecule has 0 spiro atoms. The number of carbonyl (C=O) groups is 1. The van der Waals surface area contributed by atoms with Crippen LogP contribution in [0.4, 0.5) is 5.82 Å². The molecule has 1 aliphatic heterocycles. The largest absolute Gasteiger partial charge is 0.497 e. The summed E-state index contributed by atoms with van der Waals surface area (Å²) in [6.07, 6.45) is 0.869. The number of likely N-dealkylation sites (N-methyl/N-ethyl adjacent to an activating group) is 1. The Bertz CT molecular complexity index is 725. The Morgan fingerprint density at radius 2 is 1.81 bits per heavy atom. The molecule has 0 atom stereocenters. The van der Waals surface area contributed by atoms with Gasteiger partial charge < -0.3 is 19.9 Å². The van der Waals surface area contributed by atoms with E-state index in [4.69, 9.17) is 4.74 Å². The fraction of sp³-hybridized carbons (Fsp3) is 0.450. The normalized spacial score (nSPS) is 14.8. The highest BCUT2D eigenvalue weighted by Crippen LogP contribution is 2.12. The smallest absolute Gasteiger partial charge is 0.274 e. The molecule has 1 N–H and O–H groups in total. The third-order valence-electron chi connectivity index (χ3n) is 4.87. The van der Waals surface area contributed by atoms with E-state index in [0.717, 1.165) is 51.4 Å². The summed E-state index contributed by atoms with van der Waals surface area (Å²) >= 11 is 0. The lowest BCUT2D eigenvalue weighted by Crippen LogP contribution is -2.48. The fourth-order valence-electron chi connectivity index (χ4n) is 3.10. The Balaban J connectivity index is 1.47. The van der Waals surface area contributed by atoms with Crippen LogP contribution >= 0.6 is 0 Å². The first-order valence-corrected chi connectivity index (χ1v) is 9.41. The van der Waals surface area contributed by atoms with Crippen LogP contribution in [0.25, 0.3) is 0 Å². The minimum Gasteiger partial charge on any atom is -0.497 e. The molecule has 1 amide bonds. The summed E-state index contributed by atoms with van der Waals surface area (Å²) in [4.78, 5) is 16.7. The molecule has 0 aliphatic carbocycles. The average Bonchev–Trinajstić information content (AvgIpc) is 2.74. The summed E-state index contributed by atoms with van der Waals surface area (Å²) in [5.74, 6) is 1.49. The zero-order valence-electron chi connectivity index (χ0n) is 16.0.